The zero-order valence-electron chi connectivity index (χ0n) is 20.9. The number of aromatic nitrogens is 7. The summed E-state index contributed by atoms with van der Waals surface area (Å²) in [4.78, 5) is 14.2. The average molecular weight is 475 g/mol. The molecule has 0 fully saturated rings. The second kappa shape index (κ2) is 13.2. The van der Waals surface area contributed by atoms with E-state index in [1.54, 1.807) is 6.20 Å². The number of rotatable bonds is 10. The summed E-state index contributed by atoms with van der Waals surface area (Å²) >= 11 is 0. The lowest BCUT2D eigenvalue weighted by Gasteiger charge is -2.17. The first-order chi connectivity index (χ1) is 17.2. The van der Waals surface area contributed by atoms with E-state index in [0.717, 1.165) is 54.7 Å². The highest BCUT2D eigenvalue weighted by atomic mass is 16.2. The maximum absolute atomic E-state index is 9.30. The van der Waals surface area contributed by atoms with Gasteiger partial charge in [-0.3, -0.25) is 4.98 Å². The largest absolute Gasteiger partial charge is 0.396 e. The Morgan fingerprint density at radius 3 is 2.49 bits per heavy atom. The number of tetrazole rings is 1. The van der Waals surface area contributed by atoms with Crippen LogP contribution in [0.2, 0.25) is 0 Å². The molecule has 0 saturated heterocycles. The van der Waals surface area contributed by atoms with Crippen molar-refractivity contribution in [2.45, 2.75) is 52.9 Å². The van der Waals surface area contributed by atoms with Crippen molar-refractivity contribution in [2.75, 3.05) is 19.0 Å². The van der Waals surface area contributed by atoms with Crippen LogP contribution >= 0.6 is 0 Å². The Morgan fingerprint density at radius 1 is 1.00 bits per heavy atom. The monoisotopic (exact) mass is 474 g/mol. The van der Waals surface area contributed by atoms with Gasteiger partial charge in [-0.2, -0.15) is 5.21 Å². The predicted octanol–water partition coefficient (Wildman–Crippen LogP) is 4.25. The number of hydrogen-bond acceptors (Lipinski definition) is 8. The maximum Gasteiger partial charge on any atom is 0.222 e. The lowest BCUT2D eigenvalue weighted by molar-refractivity contribution is 0.284. The van der Waals surface area contributed by atoms with Crippen LogP contribution in [-0.2, 0) is 19.3 Å². The summed E-state index contributed by atoms with van der Waals surface area (Å²) in [6.07, 6.45) is 5.76. The van der Waals surface area contributed by atoms with Gasteiger partial charge in [-0.15, -0.1) is 10.2 Å². The van der Waals surface area contributed by atoms with Crippen molar-refractivity contribution in [3.63, 3.8) is 0 Å². The molecule has 4 aromatic rings. The summed E-state index contributed by atoms with van der Waals surface area (Å²) in [6, 6.07) is 12.2. The summed E-state index contributed by atoms with van der Waals surface area (Å²) in [6.45, 7) is 6.34. The predicted molar refractivity (Wildman–Crippen MR) is 138 cm³/mol. The summed E-state index contributed by atoms with van der Waals surface area (Å²) in [5, 5.41) is 26.7. The molecule has 9 heteroatoms. The molecule has 0 amide bonds. The molecule has 0 bridgehead atoms. The van der Waals surface area contributed by atoms with Gasteiger partial charge < -0.3 is 10.4 Å². The molecule has 0 aliphatic heterocycles. The third-order valence-corrected chi connectivity index (χ3v) is 5.61. The van der Waals surface area contributed by atoms with Crippen molar-refractivity contribution >= 4 is 5.82 Å². The molecule has 0 atom stereocenters. The van der Waals surface area contributed by atoms with Gasteiger partial charge in [-0.25, -0.2) is 9.97 Å². The molecule has 184 valence electrons. The first kappa shape index (κ1) is 25.9. The second-order valence-electron chi connectivity index (χ2n) is 7.72. The van der Waals surface area contributed by atoms with E-state index in [-0.39, 0.29) is 6.61 Å². The Kier molecular flexibility index (Phi) is 9.80. The number of benzene rings is 1. The molecule has 3 aromatic heterocycles. The van der Waals surface area contributed by atoms with Gasteiger partial charge in [0.2, 0.25) is 5.82 Å². The molecule has 0 saturated carbocycles. The molecule has 35 heavy (non-hydrogen) atoms. The highest BCUT2D eigenvalue weighted by Gasteiger charge is 2.17. The summed E-state index contributed by atoms with van der Waals surface area (Å²) in [7, 11) is 1.89. The van der Waals surface area contributed by atoms with Crippen LogP contribution in [0.3, 0.4) is 0 Å². The third-order valence-electron chi connectivity index (χ3n) is 5.61. The number of aryl methyl sites for hydroxylation is 2. The van der Waals surface area contributed by atoms with Gasteiger partial charge in [0.05, 0.1) is 5.69 Å². The lowest BCUT2D eigenvalue weighted by atomic mass is 9.96. The van der Waals surface area contributed by atoms with E-state index in [2.05, 4.69) is 62.1 Å². The molecule has 9 nitrogen and oxygen atoms in total. The zero-order valence-corrected chi connectivity index (χ0v) is 20.9. The van der Waals surface area contributed by atoms with Crippen molar-refractivity contribution in [1.29, 1.82) is 0 Å². The quantitative estimate of drug-likeness (QED) is 0.291. The van der Waals surface area contributed by atoms with Crippen molar-refractivity contribution in [2.24, 2.45) is 0 Å². The smallest absolute Gasteiger partial charge is 0.222 e. The highest BCUT2D eigenvalue weighted by molar-refractivity contribution is 5.65. The summed E-state index contributed by atoms with van der Waals surface area (Å²) < 4.78 is 0. The summed E-state index contributed by atoms with van der Waals surface area (Å²) in [5.41, 5.74) is 6.10. The van der Waals surface area contributed by atoms with E-state index >= 15 is 0 Å². The molecule has 0 aliphatic carbocycles. The number of aliphatic hydroxyl groups excluding tert-OH is 1. The molecule has 4 rings (SSSR count). The molecule has 0 spiro atoms. The topological polar surface area (TPSA) is 125 Å². The molecule has 0 unspecified atom stereocenters. The van der Waals surface area contributed by atoms with Crippen LogP contribution in [0.4, 0.5) is 5.82 Å². The second-order valence-corrected chi connectivity index (χ2v) is 7.72. The molecule has 0 aliphatic rings. The van der Waals surface area contributed by atoms with Crippen molar-refractivity contribution in [1.82, 2.24) is 35.6 Å². The van der Waals surface area contributed by atoms with Gasteiger partial charge in [0.1, 0.15) is 11.5 Å². The van der Waals surface area contributed by atoms with Crippen LogP contribution in [0, 0.1) is 0 Å². The molecule has 0 radical (unpaired) electrons. The van der Waals surface area contributed by atoms with E-state index in [4.69, 9.17) is 9.97 Å². The Balaban J connectivity index is 0.00000167. The van der Waals surface area contributed by atoms with E-state index < -0.39 is 0 Å². The first-order valence-electron chi connectivity index (χ1n) is 12.2. The number of hydrogen-bond donors (Lipinski definition) is 3. The molecular formula is C26H34N8O. The van der Waals surface area contributed by atoms with Crippen LogP contribution in [0.15, 0.2) is 42.6 Å². The van der Waals surface area contributed by atoms with Crippen LogP contribution < -0.4 is 5.32 Å². The van der Waals surface area contributed by atoms with Crippen LogP contribution in [0.1, 0.15) is 56.0 Å². The van der Waals surface area contributed by atoms with E-state index in [0.29, 0.717) is 17.3 Å². The number of nitrogens with zero attached hydrogens (tertiary/aromatic N) is 6. The lowest BCUT2D eigenvalue weighted by Crippen LogP contribution is -2.10. The number of unbranched alkanes of at least 4 members (excludes halogenated alkanes) is 1. The maximum atomic E-state index is 9.30. The number of pyridine rings is 1. The number of H-pyrrole nitrogens is 1. The highest BCUT2D eigenvalue weighted by Crippen LogP contribution is 2.28. The SMILES string of the molecule is CC.CCc1ccccc1Cc1c(CCCCO)nc(-c2ccnc(-c3nn[nH]n3)c2)nc1NC. The number of aliphatic hydroxyl groups is 1. The fraction of sp³-hybridized carbons (Fsp3) is 0.385. The Hall–Kier alpha value is -3.72. The number of aromatic amines is 1. The fourth-order valence-electron chi connectivity index (χ4n) is 3.89. The molecule has 3 N–H and O–H groups in total. The molecular weight excluding hydrogens is 440 g/mol. The van der Waals surface area contributed by atoms with E-state index in [9.17, 15) is 5.11 Å². The number of anilines is 1. The van der Waals surface area contributed by atoms with Gasteiger partial charge in [-0.1, -0.05) is 45.0 Å². The zero-order chi connectivity index (χ0) is 25.0. The van der Waals surface area contributed by atoms with E-state index in [1.807, 2.05) is 33.0 Å². The summed E-state index contributed by atoms with van der Waals surface area (Å²) in [5.74, 6) is 1.84. The Bertz CT molecular complexity index is 1190. The van der Waals surface area contributed by atoms with Gasteiger partial charge in [0.25, 0.3) is 0 Å². The minimum Gasteiger partial charge on any atom is -0.396 e. The normalized spacial score (nSPS) is 10.5. The third kappa shape index (κ3) is 6.45. The van der Waals surface area contributed by atoms with Crippen molar-refractivity contribution in [3.8, 4) is 22.9 Å². The van der Waals surface area contributed by atoms with Crippen molar-refractivity contribution in [3.05, 3.63) is 65.0 Å². The van der Waals surface area contributed by atoms with Gasteiger partial charge in [-0.05, 0) is 54.2 Å². The van der Waals surface area contributed by atoms with Gasteiger partial charge >= 0.3 is 0 Å². The molecule has 3 heterocycles. The van der Waals surface area contributed by atoms with Gasteiger partial charge in [0, 0.05) is 37.4 Å². The van der Waals surface area contributed by atoms with Crippen LogP contribution in [-0.4, -0.2) is 54.3 Å². The van der Waals surface area contributed by atoms with E-state index in [1.165, 1.54) is 11.1 Å². The Morgan fingerprint density at radius 2 is 1.80 bits per heavy atom. The minimum atomic E-state index is 0.170. The average Bonchev–Trinajstić information content (AvgIpc) is 3.46. The minimum absolute atomic E-state index is 0.170. The van der Waals surface area contributed by atoms with Crippen molar-refractivity contribution < 1.29 is 5.11 Å². The van der Waals surface area contributed by atoms with Crippen LogP contribution in [0.25, 0.3) is 22.9 Å². The standard InChI is InChI=1S/C24H28N8O.C2H6/c1-3-16-8-4-5-9-17(16)14-19-20(10-6-7-13-33)27-22(28-23(19)25-2)18-11-12-26-21(15-18)24-29-31-32-30-24;1-2/h4-5,8-9,11-12,15,33H,3,6-7,10,13-14H2,1-2H3,(H,25,27,28)(H,29,30,31,32);1-2H3. The van der Waals surface area contributed by atoms with Crippen LogP contribution in [0.5, 0.6) is 0 Å². The first-order valence-corrected chi connectivity index (χ1v) is 12.2. The Labute approximate surface area is 206 Å². The fourth-order valence-corrected chi connectivity index (χ4v) is 3.89. The molecule has 1 aromatic carbocycles. The van der Waals surface area contributed by atoms with Gasteiger partial charge in [0.15, 0.2) is 5.82 Å². The number of nitrogens with one attached hydrogen (secondary N) is 2.